The van der Waals surface area contributed by atoms with Crippen LogP contribution in [0, 0.1) is 13.8 Å². The Kier molecular flexibility index (Phi) is 4.76. The van der Waals surface area contributed by atoms with Gasteiger partial charge in [-0.3, -0.25) is 4.98 Å². The highest BCUT2D eigenvalue weighted by atomic mass is 16.5. The fourth-order valence-corrected chi connectivity index (χ4v) is 2.88. The van der Waals surface area contributed by atoms with Gasteiger partial charge in [-0.25, -0.2) is 9.97 Å². The zero-order valence-electron chi connectivity index (χ0n) is 14.4. The number of aryl methyl sites for hydroxylation is 4. The van der Waals surface area contributed by atoms with Gasteiger partial charge in [0.15, 0.2) is 5.82 Å². The number of fused-ring (bicyclic) bond motifs is 1. The summed E-state index contributed by atoms with van der Waals surface area (Å²) >= 11 is 0. The standard InChI is InChI=1S/C18H23N5O/c1-4-24-11-15-22-16-17(12(2)13(3)21-18(16)19)23(15)10-7-14-5-8-20-9-6-14/h5-6,8-9H,4,7,10-11H2,1-3H3,(H2,19,21). The van der Waals surface area contributed by atoms with E-state index in [1.54, 1.807) is 0 Å². The molecule has 3 heterocycles. The number of imidazole rings is 1. The molecule has 3 rings (SSSR count). The summed E-state index contributed by atoms with van der Waals surface area (Å²) in [5.41, 5.74) is 11.2. The number of nitrogen functional groups attached to an aromatic ring is 1. The first-order chi connectivity index (χ1) is 11.6. The first-order valence-electron chi connectivity index (χ1n) is 8.20. The van der Waals surface area contributed by atoms with Crippen molar-refractivity contribution in [2.75, 3.05) is 12.3 Å². The van der Waals surface area contributed by atoms with Gasteiger partial charge in [-0.2, -0.15) is 0 Å². The van der Waals surface area contributed by atoms with Gasteiger partial charge in [0.05, 0.1) is 5.52 Å². The molecule has 0 saturated carbocycles. The predicted octanol–water partition coefficient (Wildman–Crippen LogP) is 2.80. The van der Waals surface area contributed by atoms with Crippen molar-refractivity contribution < 1.29 is 4.74 Å². The SMILES string of the molecule is CCOCc1nc2c(N)nc(C)c(C)c2n1CCc1ccncc1. The van der Waals surface area contributed by atoms with Gasteiger partial charge in [-0.15, -0.1) is 0 Å². The molecule has 0 amide bonds. The minimum absolute atomic E-state index is 0.472. The number of nitrogens with zero attached hydrogens (tertiary/aromatic N) is 4. The van der Waals surface area contributed by atoms with E-state index >= 15 is 0 Å². The molecule has 0 bridgehead atoms. The van der Waals surface area contributed by atoms with Gasteiger partial charge in [-0.05, 0) is 50.5 Å². The lowest BCUT2D eigenvalue weighted by Crippen LogP contribution is -2.09. The molecule has 2 N–H and O–H groups in total. The molecule has 6 heteroatoms. The molecule has 0 aliphatic heterocycles. The largest absolute Gasteiger partial charge is 0.382 e. The van der Waals surface area contributed by atoms with Crippen LogP contribution in [0.4, 0.5) is 5.82 Å². The summed E-state index contributed by atoms with van der Waals surface area (Å²) in [7, 11) is 0. The van der Waals surface area contributed by atoms with Crippen LogP contribution in [0.15, 0.2) is 24.5 Å². The summed E-state index contributed by atoms with van der Waals surface area (Å²) in [4.78, 5) is 13.2. The Morgan fingerprint density at radius 2 is 1.92 bits per heavy atom. The van der Waals surface area contributed by atoms with Crippen molar-refractivity contribution in [1.82, 2.24) is 19.5 Å². The Hall–Kier alpha value is -2.47. The Morgan fingerprint density at radius 1 is 1.17 bits per heavy atom. The first-order valence-corrected chi connectivity index (χ1v) is 8.20. The van der Waals surface area contributed by atoms with Gasteiger partial charge in [0.1, 0.15) is 17.9 Å². The number of pyridine rings is 2. The summed E-state index contributed by atoms with van der Waals surface area (Å²) in [6, 6.07) is 4.07. The van der Waals surface area contributed by atoms with Crippen LogP contribution in [0.1, 0.15) is 29.6 Å². The molecule has 0 unspecified atom stereocenters. The summed E-state index contributed by atoms with van der Waals surface area (Å²) in [6.07, 6.45) is 4.54. The van der Waals surface area contributed by atoms with E-state index in [0.717, 1.165) is 41.1 Å². The molecule has 0 aromatic carbocycles. The summed E-state index contributed by atoms with van der Waals surface area (Å²) in [5, 5.41) is 0. The van der Waals surface area contributed by atoms with Crippen LogP contribution < -0.4 is 5.73 Å². The van der Waals surface area contributed by atoms with Gasteiger partial charge in [0, 0.05) is 31.2 Å². The number of hydrogen-bond acceptors (Lipinski definition) is 5. The monoisotopic (exact) mass is 325 g/mol. The minimum Gasteiger partial charge on any atom is -0.382 e. The van der Waals surface area contributed by atoms with Crippen LogP contribution in [0.25, 0.3) is 11.0 Å². The second kappa shape index (κ2) is 6.97. The highest BCUT2D eigenvalue weighted by molar-refractivity contribution is 5.88. The van der Waals surface area contributed by atoms with Crippen molar-refractivity contribution in [3.05, 3.63) is 47.2 Å². The van der Waals surface area contributed by atoms with E-state index in [-0.39, 0.29) is 0 Å². The zero-order chi connectivity index (χ0) is 17.1. The Bertz CT molecular complexity index is 842. The molecule has 0 spiro atoms. The van der Waals surface area contributed by atoms with E-state index in [0.29, 0.717) is 19.0 Å². The molecule has 0 aliphatic carbocycles. The van der Waals surface area contributed by atoms with Crippen LogP contribution >= 0.6 is 0 Å². The van der Waals surface area contributed by atoms with Gasteiger partial charge in [-0.1, -0.05) is 0 Å². The average molecular weight is 325 g/mol. The molecule has 0 fully saturated rings. The predicted molar refractivity (Wildman–Crippen MR) is 94.7 cm³/mol. The Morgan fingerprint density at radius 3 is 2.62 bits per heavy atom. The molecule has 6 nitrogen and oxygen atoms in total. The lowest BCUT2D eigenvalue weighted by Gasteiger charge is -2.12. The maximum Gasteiger partial charge on any atom is 0.151 e. The van der Waals surface area contributed by atoms with Gasteiger partial charge in [0.25, 0.3) is 0 Å². The smallest absolute Gasteiger partial charge is 0.151 e. The van der Waals surface area contributed by atoms with Crippen LogP contribution in [0.5, 0.6) is 0 Å². The van der Waals surface area contributed by atoms with Gasteiger partial charge >= 0.3 is 0 Å². The highest BCUT2D eigenvalue weighted by Gasteiger charge is 2.17. The van der Waals surface area contributed by atoms with E-state index in [1.807, 2.05) is 38.4 Å². The van der Waals surface area contributed by atoms with Crippen molar-refractivity contribution in [3.63, 3.8) is 0 Å². The summed E-state index contributed by atoms with van der Waals surface area (Å²) < 4.78 is 7.81. The van der Waals surface area contributed by atoms with Crippen molar-refractivity contribution in [1.29, 1.82) is 0 Å². The van der Waals surface area contributed by atoms with E-state index in [4.69, 9.17) is 15.5 Å². The quantitative estimate of drug-likeness (QED) is 0.754. The molecule has 0 atom stereocenters. The maximum atomic E-state index is 6.11. The molecule has 3 aromatic heterocycles. The number of aromatic nitrogens is 4. The van der Waals surface area contributed by atoms with E-state index in [9.17, 15) is 0 Å². The maximum absolute atomic E-state index is 6.11. The van der Waals surface area contributed by atoms with Crippen LogP contribution in [0.2, 0.25) is 0 Å². The van der Waals surface area contributed by atoms with Crippen molar-refractivity contribution in [2.45, 2.75) is 40.3 Å². The Labute approximate surface area is 141 Å². The Balaban J connectivity index is 2.04. The first kappa shape index (κ1) is 16.4. The normalized spacial score (nSPS) is 11.3. The molecule has 0 radical (unpaired) electrons. The van der Waals surface area contributed by atoms with Crippen molar-refractivity contribution >= 4 is 16.9 Å². The van der Waals surface area contributed by atoms with Gasteiger partial charge in [0.2, 0.25) is 0 Å². The second-order valence-electron chi connectivity index (χ2n) is 5.83. The highest BCUT2D eigenvalue weighted by Crippen LogP contribution is 2.26. The number of anilines is 1. The molecule has 126 valence electrons. The average Bonchev–Trinajstić information content (AvgIpc) is 2.96. The number of rotatable bonds is 6. The molecule has 24 heavy (non-hydrogen) atoms. The lowest BCUT2D eigenvalue weighted by atomic mass is 10.1. The van der Waals surface area contributed by atoms with Gasteiger partial charge < -0.3 is 15.0 Å². The second-order valence-corrected chi connectivity index (χ2v) is 5.83. The van der Waals surface area contributed by atoms with E-state index < -0.39 is 0 Å². The van der Waals surface area contributed by atoms with Crippen molar-refractivity contribution in [2.24, 2.45) is 0 Å². The third kappa shape index (κ3) is 3.10. The molecule has 0 saturated heterocycles. The third-order valence-electron chi connectivity index (χ3n) is 4.28. The fraction of sp³-hybridized carbons (Fsp3) is 0.389. The zero-order valence-corrected chi connectivity index (χ0v) is 14.4. The summed E-state index contributed by atoms with van der Waals surface area (Å²) in [6.45, 7) is 7.97. The van der Waals surface area contributed by atoms with E-state index in [2.05, 4.69) is 21.5 Å². The van der Waals surface area contributed by atoms with Crippen LogP contribution in [-0.2, 0) is 24.3 Å². The lowest BCUT2D eigenvalue weighted by molar-refractivity contribution is 0.126. The van der Waals surface area contributed by atoms with Crippen LogP contribution in [0.3, 0.4) is 0 Å². The third-order valence-corrected chi connectivity index (χ3v) is 4.28. The number of nitrogens with two attached hydrogens (primary N) is 1. The summed E-state index contributed by atoms with van der Waals surface area (Å²) in [5.74, 6) is 1.37. The molecular weight excluding hydrogens is 302 g/mol. The molecular formula is C18H23N5O. The number of hydrogen-bond donors (Lipinski definition) is 1. The number of ether oxygens (including phenoxy) is 1. The molecule has 0 aliphatic rings. The topological polar surface area (TPSA) is 78.9 Å². The van der Waals surface area contributed by atoms with E-state index in [1.165, 1.54) is 5.56 Å². The van der Waals surface area contributed by atoms with Crippen molar-refractivity contribution in [3.8, 4) is 0 Å². The molecule has 3 aromatic rings. The fourth-order valence-electron chi connectivity index (χ4n) is 2.88. The minimum atomic E-state index is 0.472. The van der Waals surface area contributed by atoms with Crippen LogP contribution in [-0.4, -0.2) is 26.1 Å².